The first-order valence-corrected chi connectivity index (χ1v) is 8.64. The zero-order chi connectivity index (χ0) is 16.1. The molecule has 1 N–H and O–H groups in total. The lowest BCUT2D eigenvalue weighted by Crippen LogP contribution is -2.14. The molecule has 0 bridgehead atoms. The van der Waals surface area contributed by atoms with Gasteiger partial charge < -0.3 is 10.1 Å². The van der Waals surface area contributed by atoms with Crippen LogP contribution in [0.1, 0.15) is 32.3 Å². The van der Waals surface area contributed by atoms with Crippen molar-refractivity contribution in [1.29, 1.82) is 0 Å². The van der Waals surface area contributed by atoms with E-state index in [4.69, 9.17) is 4.74 Å². The first-order valence-electron chi connectivity index (χ1n) is 6.94. The third kappa shape index (κ3) is 4.45. The number of hydrogen-bond acceptors (Lipinski definition) is 7. The van der Waals surface area contributed by atoms with E-state index in [1.807, 2.05) is 12.1 Å². The predicted octanol–water partition coefficient (Wildman–Crippen LogP) is 4.06. The number of nitrogens with one attached hydrogen (secondary N) is 1. The van der Waals surface area contributed by atoms with Crippen molar-refractivity contribution in [1.82, 2.24) is 10.2 Å². The number of benzene rings is 1. The summed E-state index contributed by atoms with van der Waals surface area (Å²) < 4.78 is 5.43. The van der Waals surface area contributed by atoms with Crippen molar-refractivity contribution in [2.75, 3.05) is 12.4 Å². The summed E-state index contributed by atoms with van der Waals surface area (Å²) in [5.74, 6) is 0.248. The van der Waals surface area contributed by atoms with E-state index >= 15 is 0 Å². The summed E-state index contributed by atoms with van der Waals surface area (Å²) in [4.78, 5) is 11.4. The second kappa shape index (κ2) is 7.60. The van der Waals surface area contributed by atoms with Crippen LogP contribution in [-0.4, -0.2) is 28.5 Å². The van der Waals surface area contributed by atoms with Crippen molar-refractivity contribution in [3.63, 3.8) is 0 Å². The SMILES string of the molecule is COC(=O)[C@@H](C)Sc1nnc(Nc2ccc(C(C)C)cc2)s1. The topological polar surface area (TPSA) is 64.1 Å². The van der Waals surface area contributed by atoms with Crippen molar-refractivity contribution < 1.29 is 9.53 Å². The van der Waals surface area contributed by atoms with E-state index in [2.05, 4.69) is 41.5 Å². The summed E-state index contributed by atoms with van der Waals surface area (Å²) >= 11 is 2.76. The number of esters is 1. The first kappa shape index (κ1) is 16.8. The van der Waals surface area contributed by atoms with Gasteiger partial charge >= 0.3 is 5.97 Å². The molecule has 0 unspecified atom stereocenters. The second-order valence-electron chi connectivity index (χ2n) is 5.06. The molecule has 118 valence electrons. The quantitative estimate of drug-likeness (QED) is 0.633. The number of thioether (sulfide) groups is 1. The van der Waals surface area contributed by atoms with Gasteiger partial charge in [0.1, 0.15) is 5.25 Å². The van der Waals surface area contributed by atoms with Crippen LogP contribution in [0.15, 0.2) is 28.6 Å². The van der Waals surface area contributed by atoms with Crippen LogP contribution in [0.3, 0.4) is 0 Å². The summed E-state index contributed by atoms with van der Waals surface area (Å²) in [7, 11) is 1.38. The van der Waals surface area contributed by atoms with Gasteiger partial charge in [0, 0.05) is 5.69 Å². The molecule has 0 radical (unpaired) electrons. The van der Waals surface area contributed by atoms with Gasteiger partial charge in [0.15, 0.2) is 4.34 Å². The van der Waals surface area contributed by atoms with E-state index in [0.29, 0.717) is 11.0 Å². The number of carbonyl (C=O) groups is 1. The molecule has 1 heterocycles. The van der Waals surface area contributed by atoms with Gasteiger partial charge in [-0.1, -0.05) is 49.1 Å². The molecule has 0 aliphatic rings. The molecule has 1 atom stereocenters. The average molecular weight is 337 g/mol. The molecule has 2 aromatic rings. The van der Waals surface area contributed by atoms with Gasteiger partial charge in [0.2, 0.25) is 5.13 Å². The van der Waals surface area contributed by atoms with Crippen molar-refractivity contribution in [3.8, 4) is 0 Å². The normalized spacial score (nSPS) is 12.2. The number of nitrogens with zero attached hydrogens (tertiary/aromatic N) is 2. The van der Waals surface area contributed by atoms with Crippen molar-refractivity contribution in [3.05, 3.63) is 29.8 Å². The summed E-state index contributed by atoms with van der Waals surface area (Å²) in [6.07, 6.45) is 0. The maximum absolute atomic E-state index is 11.4. The van der Waals surface area contributed by atoms with Gasteiger partial charge in [-0.25, -0.2) is 0 Å². The number of carbonyl (C=O) groups excluding carboxylic acids is 1. The van der Waals surface area contributed by atoms with Crippen LogP contribution in [-0.2, 0) is 9.53 Å². The lowest BCUT2D eigenvalue weighted by atomic mass is 10.0. The summed E-state index contributed by atoms with van der Waals surface area (Å²) in [5, 5.41) is 11.8. The zero-order valence-electron chi connectivity index (χ0n) is 13.0. The number of aromatic nitrogens is 2. The third-order valence-electron chi connectivity index (χ3n) is 3.05. The number of anilines is 2. The Hall–Kier alpha value is -1.60. The number of hydrogen-bond donors (Lipinski definition) is 1. The fourth-order valence-corrected chi connectivity index (χ4v) is 3.69. The van der Waals surface area contributed by atoms with E-state index in [1.165, 1.54) is 35.8 Å². The minimum Gasteiger partial charge on any atom is -0.468 e. The maximum Gasteiger partial charge on any atom is 0.318 e. The van der Waals surface area contributed by atoms with E-state index in [1.54, 1.807) is 6.92 Å². The van der Waals surface area contributed by atoms with Crippen molar-refractivity contribution >= 4 is 39.9 Å². The summed E-state index contributed by atoms with van der Waals surface area (Å²) in [5.41, 5.74) is 2.27. The minimum atomic E-state index is -0.295. The second-order valence-corrected chi connectivity index (χ2v) is 7.62. The number of methoxy groups -OCH3 is 1. The van der Waals surface area contributed by atoms with Crippen LogP contribution in [0.5, 0.6) is 0 Å². The highest BCUT2D eigenvalue weighted by Crippen LogP contribution is 2.31. The molecule has 1 aromatic carbocycles. The molecule has 1 aromatic heterocycles. The van der Waals surface area contributed by atoms with Gasteiger partial charge in [-0.05, 0) is 30.5 Å². The van der Waals surface area contributed by atoms with Crippen LogP contribution in [0, 0.1) is 0 Å². The van der Waals surface area contributed by atoms with Crippen LogP contribution < -0.4 is 5.32 Å². The average Bonchev–Trinajstić information content (AvgIpc) is 2.93. The van der Waals surface area contributed by atoms with Gasteiger partial charge in [-0.3, -0.25) is 4.79 Å². The van der Waals surface area contributed by atoms with Crippen LogP contribution >= 0.6 is 23.1 Å². The Bertz CT molecular complexity index is 626. The number of rotatable bonds is 6. The van der Waals surface area contributed by atoms with Crippen molar-refractivity contribution in [2.45, 2.75) is 36.3 Å². The molecule has 0 saturated heterocycles. The van der Waals surface area contributed by atoms with Gasteiger partial charge in [0.25, 0.3) is 0 Å². The Morgan fingerprint density at radius 1 is 1.23 bits per heavy atom. The Labute approximate surface area is 138 Å². The first-order chi connectivity index (χ1) is 10.5. The lowest BCUT2D eigenvalue weighted by molar-refractivity contribution is -0.139. The maximum atomic E-state index is 11.4. The molecule has 2 rings (SSSR count). The Morgan fingerprint density at radius 2 is 1.91 bits per heavy atom. The van der Waals surface area contributed by atoms with Crippen molar-refractivity contribution in [2.24, 2.45) is 0 Å². The highest BCUT2D eigenvalue weighted by molar-refractivity contribution is 8.02. The summed E-state index contributed by atoms with van der Waals surface area (Å²) in [6, 6.07) is 8.26. The standard InChI is InChI=1S/C15H19N3O2S2/c1-9(2)11-5-7-12(8-6-11)16-14-17-18-15(22-14)21-10(3)13(19)20-4/h5-10H,1-4H3,(H,16,17)/t10-/m1/s1. The molecule has 7 heteroatoms. The molecule has 0 saturated carbocycles. The monoisotopic (exact) mass is 337 g/mol. The molecule has 0 aliphatic heterocycles. The minimum absolute atomic E-state index is 0.265. The van der Waals surface area contributed by atoms with Gasteiger partial charge in [0.05, 0.1) is 7.11 Å². The van der Waals surface area contributed by atoms with E-state index < -0.39 is 0 Å². The van der Waals surface area contributed by atoms with E-state index in [-0.39, 0.29) is 11.2 Å². The molecule has 0 fully saturated rings. The molecular weight excluding hydrogens is 318 g/mol. The van der Waals surface area contributed by atoms with Crippen LogP contribution in [0.25, 0.3) is 0 Å². The van der Waals surface area contributed by atoms with E-state index in [9.17, 15) is 4.79 Å². The highest BCUT2D eigenvalue weighted by Gasteiger charge is 2.17. The molecule has 0 spiro atoms. The molecule has 0 amide bonds. The largest absolute Gasteiger partial charge is 0.468 e. The smallest absolute Gasteiger partial charge is 0.318 e. The molecule has 22 heavy (non-hydrogen) atoms. The Morgan fingerprint density at radius 3 is 2.50 bits per heavy atom. The highest BCUT2D eigenvalue weighted by atomic mass is 32.2. The van der Waals surface area contributed by atoms with Crippen LogP contribution in [0.4, 0.5) is 10.8 Å². The fraction of sp³-hybridized carbons (Fsp3) is 0.400. The molecule has 5 nitrogen and oxygen atoms in total. The number of ether oxygens (including phenoxy) is 1. The third-order valence-corrected chi connectivity index (χ3v) is 5.05. The van der Waals surface area contributed by atoms with Crippen LogP contribution in [0.2, 0.25) is 0 Å². The molecular formula is C15H19N3O2S2. The predicted molar refractivity (Wildman–Crippen MR) is 91.1 cm³/mol. The van der Waals surface area contributed by atoms with E-state index in [0.717, 1.165) is 10.0 Å². The van der Waals surface area contributed by atoms with Gasteiger partial charge in [-0.2, -0.15) is 0 Å². The molecule has 0 aliphatic carbocycles. The summed E-state index contributed by atoms with van der Waals surface area (Å²) in [6.45, 7) is 6.12. The fourth-order valence-electron chi connectivity index (χ4n) is 1.75. The zero-order valence-corrected chi connectivity index (χ0v) is 14.6. The Kier molecular flexibility index (Phi) is 5.79. The van der Waals surface area contributed by atoms with Gasteiger partial charge in [-0.15, -0.1) is 10.2 Å². The Balaban J connectivity index is 1.98. The lowest BCUT2D eigenvalue weighted by Gasteiger charge is -2.07.